The summed E-state index contributed by atoms with van der Waals surface area (Å²) in [6.07, 6.45) is 1.49. The Morgan fingerprint density at radius 2 is 1.76 bits per heavy atom. The fraction of sp³-hybridized carbons (Fsp3) is 0.167. The highest BCUT2D eigenvalue weighted by atomic mass is 35.5. The molecule has 2 aromatic heterocycles. The van der Waals surface area contributed by atoms with Crippen LogP contribution in [0.1, 0.15) is 5.56 Å². The van der Waals surface area contributed by atoms with Gasteiger partial charge in [0, 0.05) is 23.9 Å². The third kappa shape index (κ3) is 4.94. The lowest BCUT2D eigenvalue weighted by Crippen LogP contribution is -2.27. The fourth-order valence-electron chi connectivity index (χ4n) is 3.24. The van der Waals surface area contributed by atoms with Gasteiger partial charge in [0.15, 0.2) is 0 Å². The summed E-state index contributed by atoms with van der Waals surface area (Å²) in [6, 6.07) is 13.7. The van der Waals surface area contributed by atoms with Gasteiger partial charge in [-0.15, -0.1) is 0 Å². The lowest BCUT2D eigenvalue weighted by molar-refractivity contribution is -0.116. The molecule has 1 N–H and O–H groups in total. The third-order valence-electron chi connectivity index (χ3n) is 5.03. The van der Waals surface area contributed by atoms with Crippen molar-refractivity contribution < 1.29 is 18.8 Å². The third-order valence-corrected chi connectivity index (χ3v) is 5.32. The van der Waals surface area contributed by atoms with Gasteiger partial charge in [-0.1, -0.05) is 46.6 Å². The van der Waals surface area contributed by atoms with Gasteiger partial charge < -0.3 is 23.9 Å². The molecular weight excluding hydrogens is 460 g/mol. The minimum absolute atomic E-state index is 0.230. The standard InChI is InChI=1S/C24H21ClN4O5/c1-14-4-6-15(7-5-14)23-27-24(34-28-23)16-8-9-22(31)29(12-16)13-21(30)26-18-10-17(25)19(32-2)11-20(18)33-3/h4-12H,13H2,1-3H3,(H,26,30). The Labute approximate surface area is 199 Å². The zero-order chi connectivity index (χ0) is 24.2. The maximum absolute atomic E-state index is 12.7. The zero-order valence-electron chi connectivity index (χ0n) is 18.7. The number of aromatic nitrogens is 3. The summed E-state index contributed by atoms with van der Waals surface area (Å²) in [5.41, 5.74) is 2.41. The average Bonchev–Trinajstić information content (AvgIpc) is 3.31. The topological polar surface area (TPSA) is 108 Å². The molecule has 4 aromatic rings. The first-order valence-electron chi connectivity index (χ1n) is 10.2. The zero-order valence-corrected chi connectivity index (χ0v) is 19.4. The predicted octanol–water partition coefficient (Wildman–Crippen LogP) is 4.18. The molecule has 0 bridgehead atoms. The number of hydrogen-bond acceptors (Lipinski definition) is 7. The van der Waals surface area contributed by atoms with Crippen molar-refractivity contribution in [3.8, 4) is 34.3 Å². The van der Waals surface area contributed by atoms with Crippen molar-refractivity contribution in [1.29, 1.82) is 0 Å². The van der Waals surface area contributed by atoms with Crippen LogP contribution in [0.15, 0.2) is 64.0 Å². The van der Waals surface area contributed by atoms with Crippen molar-refractivity contribution in [1.82, 2.24) is 14.7 Å². The second-order valence-electron chi connectivity index (χ2n) is 7.41. The van der Waals surface area contributed by atoms with E-state index < -0.39 is 5.91 Å². The monoisotopic (exact) mass is 480 g/mol. The van der Waals surface area contributed by atoms with Crippen LogP contribution in [0.4, 0.5) is 5.69 Å². The lowest BCUT2D eigenvalue weighted by Gasteiger charge is -2.13. The smallest absolute Gasteiger partial charge is 0.259 e. The maximum Gasteiger partial charge on any atom is 0.259 e. The van der Waals surface area contributed by atoms with Crippen LogP contribution in [0.5, 0.6) is 11.5 Å². The second kappa shape index (κ2) is 9.80. The quantitative estimate of drug-likeness (QED) is 0.422. The molecule has 2 heterocycles. The summed E-state index contributed by atoms with van der Waals surface area (Å²) >= 11 is 6.16. The summed E-state index contributed by atoms with van der Waals surface area (Å²) in [5, 5.41) is 7.02. The molecule has 0 aliphatic heterocycles. The number of nitrogens with one attached hydrogen (secondary N) is 1. The number of pyridine rings is 1. The van der Waals surface area contributed by atoms with E-state index in [1.165, 1.54) is 37.1 Å². The molecule has 0 saturated carbocycles. The first-order valence-corrected chi connectivity index (χ1v) is 10.6. The van der Waals surface area contributed by atoms with E-state index in [9.17, 15) is 9.59 Å². The highest BCUT2D eigenvalue weighted by Gasteiger charge is 2.15. The number of anilines is 1. The predicted molar refractivity (Wildman–Crippen MR) is 127 cm³/mol. The molecule has 4 rings (SSSR count). The Morgan fingerprint density at radius 3 is 2.47 bits per heavy atom. The van der Waals surface area contributed by atoms with Gasteiger partial charge in [-0.05, 0) is 19.1 Å². The molecule has 10 heteroatoms. The Morgan fingerprint density at radius 1 is 1.06 bits per heavy atom. The number of methoxy groups -OCH3 is 2. The van der Waals surface area contributed by atoms with Crippen LogP contribution in [0.2, 0.25) is 5.02 Å². The number of ether oxygens (including phenoxy) is 2. The summed E-state index contributed by atoms with van der Waals surface area (Å²) in [7, 11) is 2.94. The van der Waals surface area contributed by atoms with E-state index >= 15 is 0 Å². The van der Waals surface area contributed by atoms with E-state index in [0.29, 0.717) is 33.6 Å². The molecule has 0 aliphatic rings. The number of hydrogen-bond donors (Lipinski definition) is 1. The van der Waals surface area contributed by atoms with E-state index in [1.807, 2.05) is 31.2 Å². The van der Waals surface area contributed by atoms with Crippen LogP contribution < -0.4 is 20.3 Å². The lowest BCUT2D eigenvalue weighted by atomic mass is 10.1. The first-order chi connectivity index (χ1) is 16.4. The molecule has 34 heavy (non-hydrogen) atoms. The molecule has 0 atom stereocenters. The minimum Gasteiger partial charge on any atom is -0.495 e. The summed E-state index contributed by atoms with van der Waals surface area (Å²) < 4.78 is 17.1. The van der Waals surface area contributed by atoms with Gasteiger partial charge in [0.1, 0.15) is 18.0 Å². The highest BCUT2D eigenvalue weighted by molar-refractivity contribution is 6.32. The molecule has 0 saturated heterocycles. The number of aryl methyl sites for hydroxylation is 1. The van der Waals surface area contributed by atoms with Crippen LogP contribution in [0.3, 0.4) is 0 Å². The highest BCUT2D eigenvalue weighted by Crippen LogP contribution is 2.35. The SMILES string of the molecule is COc1cc(OC)c(NC(=O)Cn2cc(-c3nc(-c4ccc(C)cc4)no3)ccc2=O)cc1Cl. The second-order valence-corrected chi connectivity index (χ2v) is 7.82. The molecule has 9 nitrogen and oxygen atoms in total. The molecule has 0 aliphatic carbocycles. The van der Waals surface area contributed by atoms with E-state index in [0.717, 1.165) is 11.1 Å². The van der Waals surface area contributed by atoms with Crippen LogP contribution in [-0.2, 0) is 11.3 Å². The van der Waals surface area contributed by atoms with Crippen LogP contribution in [0.25, 0.3) is 22.8 Å². The number of benzene rings is 2. The van der Waals surface area contributed by atoms with Gasteiger partial charge in [0.25, 0.3) is 11.4 Å². The number of nitrogens with zero attached hydrogens (tertiary/aromatic N) is 3. The fourth-order valence-corrected chi connectivity index (χ4v) is 3.49. The minimum atomic E-state index is -0.454. The largest absolute Gasteiger partial charge is 0.495 e. The van der Waals surface area contributed by atoms with E-state index in [1.54, 1.807) is 12.1 Å². The normalized spacial score (nSPS) is 10.7. The molecule has 0 fully saturated rings. The van der Waals surface area contributed by atoms with Crippen molar-refractivity contribution in [2.24, 2.45) is 0 Å². The molecule has 174 valence electrons. The molecule has 0 radical (unpaired) electrons. The number of halogens is 1. The number of amides is 1. The Kier molecular flexibility index (Phi) is 6.65. The van der Waals surface area contributed by atoms with E-state index in [-0.39, 0.29) is 18.0 Å². The number of carbonyl (C=O) groups excluding carboxylic acids is 1. The number of carbonyl (C=O) groups is 1. The van der Waals surface area contributed by atoms with Gasteiger partial charge in [0.05, 0.1) is 30.5 Å². The molecular formula is C24H21ClN4O5. The Bertz CT molecular complexity index is 1400. The Hall–Kier alpha value is -4.11. The first kappa shape index (κ1) is 23.1. The van der Waals surface area contributed by atoms with Crippen molar-refractivity contribution >= 4 is 23.2 Å². The maximum atomic E-state index is 12.7. The Balaban J connectivity index is 1.54. The van der Waals surface area contributed by atoms with Gasteiger partial charge >= 0.3 is 0 Å². The van der Waals surface area contributed by atoms with Crippen molar-refractivity contribution in [2.45, 2.75) is 13.5 Å². The van der Waals surface area contributed by atoms with Gasteiger partial charge in [0.2, 0.25) is 11.7 Å². The van der Waals surface area contributed by atoms with Gasteiger partial charge in [-0.25, -0.2) is 0 Å². The van der Waals surface area contributed by atoms with Crippen LogP contribution in [-0.4, -0.2) is 34.8 Å². The summed E-state index contributed by atoms with van der Waals surface area (Å²) in [5.74, 6) is 0.974. The van der Waals surface area contributed by atoms with Gasteiger partial charge in [-0.3, -0.25) is 9.59 Å². The molecule has 2 aromatic carbocycles. The molecule has 0 spiro atoms. The molecule has 1 amide bonds. The average molecular weight is 481 g/mol. The van der Waals surface area contributed by atoms with Crippen molar-refractivity contribution in [2.75, 3.05) is 19.5 Å². The van der Waals surface area contributed by atoms with Crippen LogP contribution in [0, 0.1) is 6.92 Å². The van der Waals surface area contributed by atoms with Crippen molar-refractivity contribution in [3.63, 3.8) is 0 Å². The summed E-state index contributed by atoms with van der Waals surface area (Å²) in [4.78, 5) is 29.5. The van der Waals surface area contributed by atoms with Crippen LogP contribution >= 0.6 is 11.6 Å². The van der Waals surface area contributed by atoms with E-state index in [2.05, 4.69) is 15.5 Å². The van der Waals surface area contributed by atoms with Gasteiger partial charge in [-0.2, -0.15) is 4.98 Å². The summed E-state index contributed by atoms with van der Waals surface area (Å²) in [6.45, 7) is 1.74. The van der Waals surface area contributed by atoms with Crippen molar-refractivity contribution in [3.05, 3.63) is 75.7 Å². The number of rotatable bonds is 7. The molecule has 0 unspecified atom stereocenters. The van der Waals surface area contributed by atoms with E-state index in [4.69, 9.17) is 25.6 Å².